The molecule has 1 amide bonds. The molecule has 1 rings (SSSR count). The van der Waals surface area contributed by atoms with Crippen molar-refractivity contribution < 1.29 is 9.90 Å². The molecule has 1 aromatic carbocycles. The van der Waals surface area contributed by atoms with Crippen molar-refractivity contribution in [3.05, 3.63) is 36.0 Å². The second kappa shape index (κ2) is 6.97. The molecule has 0 saturated heterocycles. The Balaban J connectivity index is 2.69. The topological polar surface area (TPSA) is 85.2 Å². The van der Waals surface area contributed by atoms with E-state index in [-0.39, 0.29) is 11.3 Å². The highest BCUT2D eigenvalue weighted by Gasteiger charge is 2.07. The molecule has 94 valence electrons. The first-order chi connectivity index (χ1) is 8.67. The Labute approximate surface area is 106 Å². The third-order valence-electron chi connectivity index (χ3n) is 2.13. The number of nitrogens with one attached hydrogen (secondary N) is 2. The molecule has 3 N–H and O–H groups in total. The van der Waals surface area contributed by atoms with Crippen molar-refractivity contribution in [1.82, 2.24) is 5.32 Å². The van der Waals surface area contributed by atoms with E-state index in [1.807, 2.05) is 13.0 Å². The molecule has 0 atom stereocenters. The number of hydrogen-bond donors (Lipinski definition) is 3. The highest BCUT2D eigenvalue weighted by Crippen LogP contribution is 2.15. The molecule has 0 radical (unpaired) electrons. The summed E-state index contributed by atoms with van der Waals surface area (Å²) in [4.78, 5) is 11.5. The number of carbonyl (C=O) groups excluding carboxylic acids is 1. The van der Waals surface area contributed by atoms with Crippen LogP contribution in [0.5, 0.6) is 5.75 Å². The van der Waals surface area contributed by atoms with Crippen molar-refractivity contribution in [2.75, 3.05) is 11.9 Å². The van der Waals surface area contributed by atoms with Gasteiger partial charge in [-0.2, -0.15) is 5.26 Å². The fraction of sp³-hybridized carbons (Fsp3) is 0.231. The van der Waals surface area contributed by atoms with Crippen LogP contribution in [0.25, 0.3) is 0 Å². The Morgan fingerprint density at radius 3 is 2.94 bits per heavy atom. The van der Waals surface area contributed by atoms with E-state index in [0.29, 0.717) is 12.2 Å². The molecular weight excluding hydrogens is 230 g/mol. The molecule has 0 bridgehead atoms. The average Bonchev–Trinajstić information content (AvgIpc) is 2.37. The fourth-order valence-corrected chi connectivity index (χ4v) is 1.23. The normalized spacial score (nSPS) is 10.6. The van der Waals surface area contributed by atoms with Crippen LogP contribution in [-0.2, 0) is 4.79 Å². The summed E-state index contributed by atoms with van der Waals surface area (Å²) in [5.41, 5.74) is 0.595. The molecule has 0 fully saturated rings. The van der Waals surface area contributed by atoms with Gasteiger partial charge < -0.3 is 15.7 Å². The molecule has 18 heavy (non-hydrogen) atoms. The van der Waals surface area contributed by atoms with Gasteiger partial charge in [-0.15, -0.1) is 0 Å². The summed E-state index contributed by atoms with van der Waals surface area (Å²) < 4.78 is 0. The molecule has 0 aliphatic carbocycles. The van der Waals surface area contributed by atoms with Crippen LogP contribution < -0.4 is 10.6 Å². The van der Waals surface area contributed by atoms with Gasteiger partial charge in [-0.25, -0.2) is 0 Å². The Bertz CT molecular complexity index is 489. The van der Waals surface area contributed by atoms with Gasteiger partial charge in [0.1, 0.15) is 17.4 Å². The van der Waals surface area contributed by atoms with Crippen LogP contribution >= 0.6 is 0 Å². The van der Waals surface area contributed by atoms with E-state index >= 15 is 0 Å². The van der Waals surface area contributed by atoms with Crippen LogP contribution in [0.1, 0.15) is 13.3 Å². The number of phenols is 1. The van der Waals surface area contributed by atoms with Crippen molar-refractivity contribution >= 4 is 11.6 Å². The minimum absolute atomic E-state index is 0.00760. The third kappa shape index (κ3) is 4.18. The number of nitrogens with zero attached hydrogens (tertiary/aromatic N) is 1. The zero-order valence-electron chi connectivity index (χ0n) is 10.1. The SMILES string of the molecule is CCCNC(=O)/C(C#N)=C\Nc1cccc(O)c1. The van der Waals surface area contributed by atoms with Gasteiger partial charge in [-0.1, -0.05) is 13.0 Å². The van der Waals surface area contributed by atoms with Crippen molar-refractivity contribution in [3.63, 3.8) is 0 Å². The minimum atomic E-state index is -0.410. The predicted octanol–water partition coefficient (Wildman–Crippen LogP) is 1.74. The smallest absolute Gasteiger partial charge is 0.263 e. The number of benzene rings is 1. The maximum Gasteiger partial charge on any atom is 0.263 e. The summed E-state index contributed by atoms with van der Waals surface area (Å²) in [6.45, 7) is 2.46. The van der Waals surface area contributed by atoms with Crippen LogP contribution in [0.4, 0.5) is 5.69 Å². The van der Waals surface area contributed by atoms with Gasteiger partial charge in [0, 0.05) is 24.5 Å². The van der Waals surface area contributed by atoms with Gasteiger partial charge in [0.15, 0.2) is 0 Å². The van der Waals surface area contributed by atoms with Crippen LogP contribution in [0.3, 0.4) is 0 Å². The van der Waals surface area contributed by atoms with Crippen LogP contribution in [0, 0.1) is 11.3 Å². The summed E-state index contributed by atoms with van der Waals surface area (Å²) in [6, 6.07) is 8.23. The molecule has 0 aliphatic rings. The Morgan fingerprint density at radius 2 is 2.33 bits per heavy atom. The van der Waals surface area contributed by atoms with Crippen LogP contribution in [0.2, 0.25) is 0 Å². The monoisotopic (exact) mass is 245 g/mol. The van der Waals surface area contributed by atoms with E-state index in [4.69, 9.17) is 5.26 Å². The number of aromatic hydroxyl groups is 1. The zero-order valence-corrected chi connectivity index (χ0v) is 10.1. The molecule has 0 unspecified atom stereocenters. The van der Waals surface area contributed by atoms with Crippen molar-refractivity contribution in [1.29, 1.82) is 5.26 Å². The van der Waals surface area contributed by atoms with Gasteiger partial charge in [-0.3, -0.25) is 4.79 Å². The van der Waals surface area contributed by atoms with Crippen LogP contribution in [-0.4, -0.2) is 17.6 Å². The lowest BCUT2D eigenvalue weighted by Gasteiger charge is -2.04. The van der Waals surface area contributed by atoms with Gasteiger partial charge in [0.05, 0.1) is 0 Å². The number of hydrogen-bond acceptors (Lipinski definition) is 4. The van der Waals surface area contributed by atoms with Gasteiger partial charge in [0.25, 0.3) is 5.91 Å². The Hall–Kier alpha value is -2.48. The quantitative estimate of drug-likeness (QED) is 0.545. The van der Waals surface area contributed by atoms with Gasteiger partial charge in [-0.05, 0) is 18.6 Å². The first kappa shape index (κ1) is 13.6. The fourth-order valence-electron chi connectivity index (χ4n) is 1.23. The second-order valence-electron chi connectivity index (χ2n) is 3.62. The lowest BCUT2D eigenvalue weighted by atomic mass is 10.2. The van der Waals surface area contributed by atoms with E-state index in [9.17, 15) is 9.90 Å². The lowest BCUT2D eigenvalue weighted by molar-refractivity contribution is -0.117. The molecular formula is C13H15N3O2. The van der Waals surface area contributed by atoms with E-state index in [1.165, 1.54) is 18.3 Å². The summed E-state index contributed by atoms with van der Waals surface area (Å²) in [7, 11) is 0. The lowest BCUT2D eigenvalue weighted by Crippen LogP contribution is -2.25. The van der Waals surface area contributed by atoms with E-state index in [1.54, 1.807) is 12.1 Å². The van der Waals surface area contributed by atoms with Crippen molar-refractivity contribution in [2.45, 2.75) is 13.3 Å². The number of nitriles is 1. The summed E-state index contributed by atoms with van der Waals surface area (Å²) in [6.07, 6.45) is 2.13. The number of carbonyl (C=O) groups is 1. The van der Waals surface area contributed by atoms with Gasteiger partial charge in [0.2, 0.25) is 0 Å². The third-order valence-corrected chi connectivity index (χ3v) is 2.13. The molecule has 1 aromatic rings. The number of phenolic OH excluding ortho intramolecular Hbond substituents is 1. The molecule has 0 heterocycles. The molecule has 0 aromatic heterocycles. The number of rotatable bonds is 5. The zero-order chi connectivity index (χ0) is 13.4. The molecule has 0 aliphatic heterocycles. The first-order valence-corrected chi connectivity index (χ1v) is 5.61. The number of anilines is 1. The minimum Gasteiger partial charge on any atom is -0.508 e. The standard InChI is InChI=1S/C13H15N3O2/c1-2-6-15-13(18)10(8-14)9-16-11-4-3-5-12(17)7-11/h3-5,7,9,16-17H,2,6H2,1H3,(H,15,18)/b10-9-. The first-order valence-electron chi connectivity index (χ1n) is 5.61. The average molecular weight is 245 g/mol. The van der Waals surface area contributed by atoms with Crippen LogP contribution in [0.15, 0.2) is 36.0 Å². The molecule has 5 heteroatoms. The van der Waals surface area contributed by atoms with Crippen molar-refractivity contribution in [3.8, 4) is 11.8 Å². The maximum atomic E-state index is 11.5. The number of amides is 1. The summed E-state index contributed by atoms with van der Waals surface area (Å²) in [5, 5.41) is 23.5. The molecule has 0 saturated carbocycles. The molecule has 0 spiro atoms. The largest absolute Gasteiger partial charge is 0.508 e. The summed E-state index contributed by atoms with van der Waals surface area (Å²) in [5.74, 6) is -0.297. The van der Waals surface area contributed by atoms with Gasteiger partial charge >= 0.3 is 0 Å². The second-order valence-corrected chi connectivity index (χ2v) is 3.62. The Kier molecular flexibility index (Phi) is 5.26. The van der Waals surface area contributed by atoms with E-state index in [2.05, 4.69) is 10.6 Å². The Morgan fingerprint density at radius 1 is 1.56 bits per heavy atom. The summed E-state index contributed by atoms with van der Waals surface area (Å²) >= 11 is 0. The van der Waals surface area contributed by atoms with Crippen molar-refractivity contribution in [2.24, 2.45) is 0 Å². The highest BCUT2D eigenvalue weighted by atomic mass is 16.3. The highest BCUT2D eigenvalue weighted by molar-refractivity contribution is 5.97. The van der Waals surface area contributed by atoms with E-state index in [0.717, 1.165) is 6.42 Å². The predicted molar refractivity (Wildman–Crippen MR) is 68.7 cm³/mol. The maximum absolute atomic E-state index is 11.5. The molecule has 5 nitrogen and oxygen atoms in total. The van der Waals surface area contributed by atoms with E-state index < -0.39 is 5.91 Å².